The fourth-order valence-electron chi connectivity index (χ4n) is 2.05. The van der Waals surface area contributed by atoms with Crippen LogP contribution in [0.1, 0.15) is 13.3 Å². The van der Waals surface area contributed by atoms with Crippen molar-refractivity contribution in [3.63, 3.8) is 0 Å². The minimum Gasteiger partial charge on any atom is -0.394 e. The Morgan fingerprint density at radius 2 is 2.40 bits per heavy atom. The van der Waals surface area contributed by atoms with Crippen molar-refractivity contribution in [1.29, 1.82) is 0 Å². The third kappa shape index (κ3) is 2.06. The number of hydrogen-bond donors (Lipinski definition) is 1. The molecule has 82 valence electrons. The molecule has 0 radical (unpaired) electrons. The van der Waals surface area contributed by atoms with Gasteiger partial charge in [0.1, 0.15) is 17.3 Å². The van der Waals surface area contributed by atoms with Crippen molar-refractivity contribution in [3.8, 4) is 0 Å². The predicted molar refractivity (Wildman–Crippen MR) is 59.0 cm³/mol. The molecule has 1 saturated heterocycles. The maximum absolute atomic E-state index is 9.32. The van der Waals surface area contributed by atoms with Crippen LogP contribution >= 0.6 is 11.6 Å². The lowest BCUT2D eigenvalue weighted by atomic mass is 10.0. The third-order valence-corrected chi connectivity index (χ3v) is 3.19. The molecule has 0 spiro atoms. The number of nitrogens with zero attached hydrogens (tertiary/aromatic N) is 3. The van der Waals surface area contributed by atoms with Gasteiger partial charge in [0.15, 0.2) is 0 Å². The second-order valence-electron chi connectivity index (χ2n) is 3.91. The molecule has 0 bridgehead atoms. The van der Waals surface area contributed by atoms with Crippen LogP contribution in [0.2, 0.25) is 5.15 Å². The first kappa shape index (κ1) is 10.6. The second-order valence-corrected chi connectivity index (χ2v) is 4.30. The fraction of sp³-hybridized carbons (Fsp3) is 0.600. The lowest BCUT2D eigenvalue weighted by molar-refractivity contribution is 0.244. The molecule has 2 heterocycles. The Bertz CT molecular complexity index is 347. The van der Waals surface area contributed by atoms with Crippen LogP contribution in [-0.4, -0.2) is 34.3 Å². The molecule has 1 aliphatic heterocycles. The lowest BCUT2D eigenvalue weighted by Crippen LogP contribution is -2.35. The molecule has 15 heavy (non-hydrogen) atoms. The number of anilines is 1. The minimum atomic E-state index is 0.149. The van der Waals surface area contributed by atoms with Gasteiger partial charge < -0.3 is 10.0 Å². The maximum atomic E-state index is 9.32. The zero-order chi connectivity index (χ0) is 10.8. The van der Waals surface area contributed by atoms with E-state index >= 15 is 0 Å². The summed E-state index contributed by atoms with van der Waals surface area (Å²) in [5.41, 5.74) is 0. The molecule has 5 heteroatoms. The van der Waals surface area contributed by atoms with E-state index in [4.69, 9.17) is 11.6 Å². The molecule has 1 fully saturated rings. The number of aliphatic hydroxyl groups excluding tert-OH is 1. The SMILES string of the molecule is CC1CCN(c2cc(Cl)ncn2)C1CO. The van der Waals surface area contributed by atoms with Crippen LogP contribution in [0.25, 0.3) is 0 Å². The summed E-state index contributed by atoms with van der Waals surface area (Å²) in [5.74, 6) is 1.29. The van der Waals surface area contributed by atoms with Crippen molar-refractivity contribution in [2.24, 2.45) is 5.92 Å². The van der Waals surface area contributed by atoms with E-state index in [2.05, 4.69) is 21.8 Å². The summed E-state index contributed by atoms with van der Waals surface area (Å²) in [5, 5.41) is 9.76. The van der Waals surface area contributed by atoms with Crippen LogP contribution < -0.4 is 4.90 Å². The van der Waals surface area contributed by atoms with Crippen molar-refractivity contribution < 1.29 is 5.11 Å². The molecule has 1 aromatic heterocycles. The van der Waals surface area contributed by atoms with Gasteiger partial charge in [-0.2, -0.15) is 0 Å². The van der Waals surface area contributed by atoms with Crippen LogP contribution in [0, 0.1) is 5.92 Å². The number of rotatable bonds is 2. The van der Waals surface area contributed by atoms with E-state index in [9.17, 15) is 5.11 Å². The molecule has 0 aromatic carbocycles. The van der Waals surface area contributed by atoms with Gasteiger partial charge >= 0.3 is 0 Å². The van der Waals surface area contributed by atoms with Gasteiger partial charge in [-0.05, 0) is 12.3 Å². The lowest BCUT2D eigenvalue weighted by Gasteiger charge is -2.25. The smallest absolute Gasteiger partial charge is 0.134 e. The zero-order valence-corrected chi connectivity index (χ0v) is 9.35. The van der Waals surface area contributed by atoms with Crippen LogP contribution in [0.3, 0.4) is 0 Å². The van der Waals surface area contributed by atoms with Gasteiger partial charge in [-0.15, -0.1) is 0 Å². The first-order valence-electron chi connectivity index (χ1n) is 5.07. The maximum Gasteiger partial charge on any atom is 0.134 e. The van der Waals surface area contributed by atoms with Crippen LogP contribution in [0.4, 0.5) is 5.82 Å². The highest BCUT2D eigenvalue weighted by Gasteiger charge is 2.31. The molecule has 1 aliphatic rings. The van der Waals surface area contributed by atoms with Crippen LogP contribution in [-0.2, 0) is 0 Å². The van der Waals surface area contributed by atoms with Crippen molar-refractivity contribution in [3.05, 3.63) is 17.5 Å². The number of halogens is 1. The topological polar surface area (TPSA) is 49.2 Å². The van der Waals surface area contributed by atoms with Gasteiger partial charge in [-0.3, -0.25) is 0 Å². The van der Waals surface area contributed by atoms with E-state index in [0.717, 1.165) is 18.8 Å². The van der Waals surface area contributed by atoms with E-state index in [1.54, 1.807) is 6.07 Å². The van der Waals surface area contributed by atoms with Gasteiger partial charge in [-0.25, -0.2) is 9.97 Å². The van der Waals surface area contributed by atoms with E-state index in [0.29, 0.717) is 11.1 Å². The van der Waals surface area contributed by atoms with Gasteiger partial charge in [0.05, 0.1) is 12.6 Å². The Balaban J connectivity index is 2.23. The van der Waals surface area contributed by atoms with Gasteiger partial charge in [0.2, 0.25) is 0 Å². The van der Waals surface area contributed by atoms with Gasteiger partial charge in [0.25, 0.3) is 0 Å². The van der Waals surface area contributed by atoms with Gasteiger partial charge in [-0.1, -0.05) is 18.5 Å². The van der Waals surface area contributed by atoms with E-state index in [1.165, 1.54) is 6.33 Å². The van der Waals surface area contributed by atoms with Gasteiger partial charge in [0, 0.05) is 12.6 Å². The standard InChI is InChI=1S/C10H14ClN3O/c1-7-2-3-14(8(7)5-15)10-4-9(11)12-6-13-10/h4,6-8,15H,2-3,5H2,1H3. The molecule has 2 atom stereocenters. The van der Waals surface area contributed by atoms with E-state index in [1.807, 2.05) is 0 Å². The third-order valence-electron chi connectivity index (χ3n) is 2.98. The normalized spacial score (nSPS) is 25.9. The Kier molecular flexibility index (Phi) is 3.07. The molecule has 0 amide bonds. The first-order valence-corrected chi connectivity index (χ1v) is 5.45. The largest absolute Gasteiger partial charge is 0.394 e. The monoisotopic (exact) mass is 227 g/mol. The van der Waals surface area contributed by atoms with Crippen molar-refractivity contribution in [2.45, 2.75) is 19.4 Å². The predicted octanol–water partition coefficient (Wildman–Crippen LogP) is 1.34. The Labute approximate surface area is 93.9 Å². The number of hydrogen-bond acceptors (Lipinski definition) is 4. The number of aromatic nitrogens is 2. The van der Waals surface area contributed by atoms with Crippen LogP contribution in [0.15, 0.2) is 12.4 Å². The molecule has 0 aliphatic carbocycles. The van der Waals surface area contributed by atoms with E-state index in [-0.39, 0.29) is 12.6 Å². The first-order chi connectivity index (χ1) is 7.22. The van der Waals surface area contributed by atoms with E-state index < -0.39 is 0 Å². The summed E-state index contributed by atoms with van der Waals surface area (Å²) in [6.07, 6.45) is 2.53. The number of aliphatic hydroxyl groups is 1. The molecule has 2 rings (SSSR count). The second kappa shape index (κ2) is 4.33. The summed E-state index contributed by atoms with van der Waals surface area (Å²) in [6, 6.07) is 1.89. The molecular formula is C10H14ClN3O. The Morgan fingerprint density at radius 1 is 1.60 bits per heavy atom. The van der Waals surface area contributed by atoms with Crippen molar-refractivity contribution in [2.75, 3.05) is 18.1 Å². The zero-order valence-electron chi connectivity index (χ0n) is 8.60. The molecule has 2 unspecified atom stereocenters. The van der Waals surface area contributed by atoms with Crippen molar-refractivity contribution >= 4 is 17.4 Å². The highest BCUT2D eigenvalue weighted by atomic mass is 35.5. The summed E-state index contributed by atoms with van der Waals surface area (Å²) in [6.45, 7) is 3.21. The summed E-state index contributed by atoms with van der Waals surface area (Å²) in [7, 11) is 0. The summed E-state index contributed by atoms with van der Waals surface area (Å²) >= 11 is 5.81. The molecule has 1 N–H and O–H groups in total. The quantitative estimate of drug-likeness (QED) is 0.775. The average molecular weight is 228 g/mol. The molecule has 0 saturated carbocycles. The fourth-order valence-corrected chi connectivity index (χ4v) is 2.19. The minimum absolute atomic E-state index is 0.149. The summed E-state index contributed by atoms with van der Waals surface area (Å²) in [4.78, 5) is 10.1. The van der Waals surface area contributed by atoms with Crippen molar-refractivity contribution in [1.82, 2.24) is 9.97 Å². The Hall–Kier alpha value is -0.870. The highest BCUT2D eigenvalue weighted by molar-refractivity contribution is 6.29. The van der Waals surface area contributed by atoms with Crippen LogP contribution in [0.5, 0.6) is 0 Å². The highest BCUT2D eigenvalue weighted by Crippen LogP contribution is 2.28. The summed E-state index contributed by atoms with van der Waals surface area (Å²) < 4.78 is 0. The molecular weight excluding hydrogens is 214 g/mol. The Morgan fingerprint density at radius 3 is 3.07 bits per heavy atom. The molecule has 4 nitrogen and oxygen atoms in total. The molecule has 1 aromatic rings. The average Bonchev–Trinajstić information content (AvgIpc) is 2.59.